The average Bonchev–Trinajstić information content (AvgIpc) is 2.51. The van der Waals surface area contributed by atoms with E-state index in [1.54, 1.807) is 0 Å². The maximum Gasteiger partial charge on any atom is 0.119 e. The van der Waals surface area contributed by atoms with E-state index in [4.69, 9.17) is 15.0 Å². The molecule has 1 rings (SSSR count). The van der Waals surface area contributed by atoms with Crippen molar-refractivity contribution >= 4 is 0 Å². The van der Waals surface area contributed by atoms with Crippen LogP contribution in [0.5, 0.6) is 0 Å². The van der Waals surface area contributed by atoms with E-state index in [1.165, 1.54) is 37.7 Å². The molecule has 0 aromatic heterocycles. The van der Waals surface area contributed by atoms with E-state index < -0.39 is 0 Å². The highest BCUT2D eigenvalue weighted by molar-refractivity contribution is 5.21. The third kappa shape index (κ3) is 9.15. The molecule has 0 aliphatic carbocycles. The van der Waals surface area contributed by atoms with E-state index in [1.807, 2.05) is 25.1 Å². The van der Waals surface area contributed by atoms with Crippen molar-refractivity contribution in [3.05, 3.63) is 35.4 Å². The standard InChI is InChI=1S/C18H30O4/c1-3-4-5-6-7-8-12-18(15-20-19)22-21-14-17-11-9-10-16(2)13-17/h9-11,13,18-19H,3-8,12,14-15H2,1-2H3. The van der Waals surface area contributed by atoms with Gasteiger partial charge in [-0.1, -0.05) is 75.3 Å². The summed E-state index contributed by atoms with van der Waals surface area (Å²) in [6.45, 7) is 4.81. The molecule has 1 N–H and O–H groups in total. The Morgan fingerprint density at radius 3 is 2.59 bits per heavy atom. The van der Waals surface area contributed by atoms with Crippen LogP contribution in [0, 0.1) is 6.92 Å². The number of hydrogen-bond acceptors (Lipinski definition) is 4. The lowest BCUT2D eigenvalue weighted by atomic mass is 10.1. The Bertz CT molecular complexity index is 381. The maximum atomic E-state index is 8.63. The van der Waals surface area contributed by atoms with Crippen LogP contribution >= 0.6 is 0 Å². The number of rotatable bonds is 13. The average molecular weight is 310 g/mol. The largest absolute Gasteiger partial charge is 0.252 e. The van der Waals surface area contributed by atoms with Gasteiger partial charge in [0.1, 0.15) is 19.3 Å². The van der Waals surface area contributed by atoms with E-state index >= 15 is 0 Å². The summed E-state index contributed by atoms with van der Waals surface area (Å²) in [4.78, 5) is 14.9. The van der Waals surface area contributed by atoms with Crippen molar-refractivity contribution in [1.82, 2.24) is 0 Å². The van der Waals surface area contributed by atoms with Crippen molar-refractivity contribution in [1.29, 1.82) is 0 Å². The first-order chi connectivity index (χ1) is 10.8. The van der Waals surface area contributed by atoms with E-state index in [9.17, 15) is 0 Å². The maximum absolute atomic E-state index is 8.63. The van der Waals surface area contributed by atoms with Crippen molar-refractivity contribution in [3.63, 3.8) is 0 Å². The highest BCUT2D eigenvalue weighted by Crippen LogP contribution is 2.12. The fourth-order valence-electron chi connectivity index (χ4n) is 2.39. The Morgan fingerprint density at radius 1 is 1.09 bits per heavy atom. The van der Waals surface area contributed by atoms with Gasteiger partial charge in [0.15, 0.2) is 0 Å². The second-order valence-corrected chi connectivity index (χ2v) is 5.82. The van der Waals surface area contributed by atoms with Crippen LogP contribution in [0.4, 0.5) is 0 Å². The summed E-state index contributed by atoms with van der Waals surface area (Å²) in [7, 11) is 0. The molecule has 0 bridgehead atoms. The Balaban J connectivity index is 2.17. The molecule has 0 spiro atoms. The van der Waals surface area contributed by atoms with Crippen LogP contribution in [0.15, 0.2) is 24.3 Å². The molecule has 0 radical (unpaired) electrons. The van der Waals surface area contributed by atoms with Gasteiger partial charge < -0.3 is 0 Å². The van der Waals surface area contributed by atoms with Gasteiger partial charge in [-0.25, -0.2) is 14.7 Å². The molecule has 0 heterocycles. The topological polar surface area (TPSA) is 47.9 Å². The summed E-state index contributed by atoms with van der Waals surface area (Å²) in [5, 5.41) is 8.63. The SMILES string of the molecule is CCCCCCCCC(COO)OOCc1cccc(C)c1. The summed E-state index contributed by atoms with van der Waals surface area (Å²) < 4.78 is 0. The summed E-state index contributed by atoms with van der Waals surface area (Å²) in [5.41, 5.74) is 2.27. The lowest BCUT2D eigenvalue weighted by Crippen LogP contribution is -2.19. The molecule has 126 valence electrons. The van der Waals surface area contributed by atoms with E-state index in [0.717, 1.165) is 18.4 Å². The van der Waals surface area contributed by atoms with Crippen LogP contribution in [0.3, 0.4) is 0 Å². The summed E-state index contributed by atoms with van der Waals surface area (Å²) in [5.74, 6) is 0. The molecule has 0 aliphatic rings. The minimum atomic E-state index is -0.221. The van der Waals surface area contributed by atoms with Gasteiger partial charge in [-0.2, -0.15) is 0 Å². The zero-order valence-corrected chi connectivity index (χ0v) is 13.9. The number of hydrogen-bond donors (Lipinski definition) is 1. The van der Waals surface area contributed by atoms with Gasteiger partial charge in [-0.3, -0.25) is 5.26 Å². The minimum Gasteiger partial charge on any atom is -0.252 e. The number of aryl methyl sites for hydroxylation is 1. The first-order valence-electron chi connectivity index (χ1n) is 8.36. The van der Waals surface area contributed by atoms with Gasteiger partial charge in [0.2, 0.25) is 0 Å². The molecule has 22 heavy (non-hydrogen) atoms. The number of unbranched alkanes of at least 4 members (excludes halogenated alkanes) is 5. The fourth-order valence-corrected chi connectivity index (χ4v) is 2.39. The van der Waals surface area contributed by atoms with Crippen LogP contribution < -0.4 is 0 Å². The predicted molar refractivity (Wildman–Crippen MR) is 87.4 cm³/mol. The molecule has 1 aromatic rings. The molecule has 0 aliphatic heterocycles. The molecular weight excluding hydrogens is 280 g/mol. The van der Waals surface area contributed by atoms with Crippen molar-refractivity contribution in [2.45, 2.75) is 71.5 Å². The lowest BCUT2D eigenvalue weighted by molar-refractivity contribution is -0.361. The van der Waals surface area contributed by atoms with E-state index in [-0.39, 0.29) is 12.7 Å². The molecule has 0 saturated carbocycles. The highest BCUT2D eigenvalue weighted by Gasteiger charge is 2.11. The second kappa shape index (κ2) is 12.6. The molecule has 1 unspecified atom stereocenters. The van der Waals surface area contributed by atoms with Gasteiger partial charge in [-0.15, -0.1) is 0 Å². The van der Waals surface area contributed by atoms with Crippen LogP contribution in [0.2, 0.25) is 0 Å². The molecular formula is C18H30O4. The summed E-state index contributed by atoms with van der Waals surface area (Å²) >= 11 is 0. The molecule has 1 aromatic carbocycles. The monoisotopic (exact) mass is 310 g/mol. The normalized spacial score (nSPS) is 12.5. The predicted octanol–water partition coefficient (Wildman–Crippen LogP) is 5.05. The smallest absolute Gasteiger partial charge is 0.119 e. The second-order valence-electron chi connectivity index (χ2n) is 5.82. The van der Waals surface area contributed by atoms with Gasteiger partial charge in [0.05, 0.1) is 0 Å². The van der Waals surface area contributed by atoms with Crippen molar-refractivity contribution < 1.29 is 19.9 Å². The third-order valence-corrected chi connectivity index (χ3v) is 3.65. The zero-order valence-electron chi connectivity index (χ0n) is 13.9. The molecule has 4 nitrogen and oxygen atoms in total. The molecule has 0 fully saturated rings. The van der Waals surface area contributed by atoms with Gasteiger partial charge in [0, 0.05) is 0 Å². The Kier molecular flexibility index (Phi) is 10.9. The number of benzene rings is 1. The Hall–Kier alpha value is -0.940. The zero-order chi connectivity index (χ0) is 16.0. The quantitative estimate of drug-likeness (QED) is 0.314. The van der Waals surface area contributed by atoms with Crippen molar-refractivity contribution in [3.8, 4) is 0 Å². The van der Waals surface area contributed by atoms with Crippen LogP contribution in [-0.4, -0.2) is 18.0 Å². The third-order valence-electron chi connectivity index (χ3n) is 3.65. The molecule has 1 atom stereocenters. The Morgan fingerprint density at radius 2 is 1.86 bits per heavy atom. The fraction of sp³-hybridized carbons (Fsp3) is 0.667. The first-order valence-corrected chi connectivity index (χ1v) is 8.36. The van der Waals surface area contributed by atoms with Gasteiger partial charge in [-0.05, 0) is 18.9 Å². The Labute approximate surface area is 134 Å². The van der Waals surface area contributed by atoms with Gasteiger partial charge >= 0.3 is 0 Å². The van der Waals surface area contributed by atoms with E-state index in [2.05, 4.69) is 17.9 Å². The first kappa shape index (κ1) is 19.1. The van der Waals surface area contributed by atoms with Gasteiger partial charge in [0.25, 0.3) is 0 Å². The molecule has 4 heteroatoms. The summed E-state index contributed by atoms with van der Waals surface area (Å²) in [6.07, 6.45) is 7.97. The highest BCUT2D eigenvalue weighted by atomic mass is 17.2. The lowest BCUT2D eigenvalue weighted by Gasteiger charge is -2.15. The van der Waals surface area contributed by atoms with Crippen LogP contribution in [0.1, 0.15) is 63.0 Å². The van der Waals surface area contributed by atoms with Crippen LogP contribution in [-0.2, 0) is 21.3 Å². The van der Waals surface area contributed by atoms with E-state index in [0.29, 0.717) is 6.61 Å². The molecule has 0 saturated heterocycles. The van der Waals surface area contributed by atoms with Crippen LogP contribution in [0.25, 0.3) is 0 Å². The molecule has 0 amide bonds. The van der Waals surface area contributed by atoms with Crippen molar-refractivity contribution in [2.24, 2.45) is 0 Å². The minimum absolute atomic E-state index is 0.142. The summed E-state index contributed by atoms with van der Waals surface area (Å²) in [6, 6.07) is 8.11. The van der Waals surface area contributed by atoms with Crippen molar-refractivity contribution in [2.75, 3.05) is 6.61 Å².